The molecule has 0 radical (unpaired) electrons. The number of hydrogen-bond donors (Lipinski definition) is 0. The fourth-order valence-corrected chi connectivity index (χ4v) is 5.38. The molecule has 0 spiro atoms. The summed E-state index contributed by atoms with van der Waals surface area (Å²) in [5.41, 5.74) is 0.377. The third kappa shape index (κ3) is 2.73. The van der Waals surface area contributed by atoms with Gasteiger partial charge in [-0.25, -0.2) is 0 Å². The zero-order valence-corrected chi connectivity index (χ0v) is 14.1. The summed E-state index contributed by atoms with van der Waals surface area (Å²) in [6, 6.07) is 26.0. The number of nitrogens with zero attached hydrogens (tertiary/aromatic N) is 1. The highest BCUT2D eigenvalue weighted by Crippen LogP contribution is 2.42. The molecule has 0 aliphatic heterocycles. The summed E-state index contributed by atoms with van der Waals surface area (Å²) >= 11 is 0. The summed E-state index contributed by atoms with van der Waals surface area (Å²) in [5, 5.41) is 11.5. The fraction of sp³-hybridized carbons (Fsp3) is 0.0500. The van der Waals surface area contributed by atoms with Crippen molar-refractivity contribution in [3.05, 3.63) is 84.4 Å². The van der Waals surface area contributed by atoms with Crippen molar-refractivity contribution in [1.29, 1.82) is 5.26 Å². The lowest BCUT2D eigenvalue weighted by molar-refractivity contribution is 0.413. The van der Waals surface area contributed by atoms with Gasteiger partial charge in [0, 0.05) is 15.9 Å². The number of ether oxygens (including phenoxy) is 1. The average molecular weight is 333 g/mol. The maximum absolute atomic E-state index is 14.1. The molecule has 0 fully saturated rings. The van der Waals surface area contributed by atoms with Crippen LogP contribution in [0.2, 0.25) is 0 Å². The summed E-state index contributed by atoms with van der Waals surface area (Å²) in [6.45, 7) is 0. The van der Waals surface area contributed by atoms with Crippen molar-refractivity contribution in [2.24, 2.45) is 0 Å². The molecular weight excluding hydrogens is 317 g/mol. The molecule has 0 aliphatic carbocycles. The first-order chi connectivity index (χ1) is 11.7. The Labute approximate surface area is 141 Å². The van der Waals surface area contributed by atoms with Gasteiger partial charge in [-0.2, -0.15) is 5.26 Å². The summed E-state index contributed by atoms with van der Waals surface area (Å²) in [4.78, 5) is 0. The molecule has 3 aromatic carbocycles. The van der Waals surface area contributed by atoms with E-state index in [1.807, 2.05) is 60.7 Å². The van der Waals surface area contributed by atoms with Gasteiger partial charge in [-0.05, 0) is 18.2 Å². The second-order valence-electron chi connectivity index (χ2n) is 5.28. The van der Waals surface area contributed by atoms with Crippen LogP contribution >= 0.6 is 7.14 Å². The van der Waals surface area contributed by atoms with Crippen molar-refractivity contribution >= 4 is 23.1 Å². The lowest BCUT2D eigenvalue weighted by Gasteiger charge is -2.20. The van der Waals surface area contributed by atoms with Gasteiger partial charge in [0.1, 0.15) is 11.8 Å². The van der Waals surface area contributed by atoms with Crippen LogP contribution in [0.5, 0.6) is 5.75 Å². The minimum atomic E-state index is -3.05. The predicted molar refractivity (Wildman–Crippen MR) is 97.1 cm³/mol. The van der Waals surface area contributed by atoms with E-state index in [1.54, 1.807) is 18.2 Å². The van der Waals surface area contributed by atoms with Gasteiger partial charge in [0.2, 0.25) is 0 Å². The van der Waals surface area contributed by atoms with E-state index in [2.05, 4.69) is 6.07 Å². The van der Waals surface area contributed by atoms with E-state index >= 15 is 0 Å². The van der Waals surface area contributed by atoms with Gasteiger partial charge in [-0.3, -0.25) is 0 Å². The Morgan fingerprint density at radius 1 is 0.833 bits per heavy atom. The van der Waals surface area contributed by atoms with Crippen molar-refractivity contribution < 1.29 is 9.30 Å². The lowest BCUT2D eigenvalue weighted by atomic mass is 10.2. The Morgan fingerprint density at radius 3 is 1.83 bits per heavy atom. The summed E-state index contributed by atoms with van der Waals surface area (Å²) < 4.78 is 19.3. The number of nitriles is 1. The van der Waals surface area contributed by atoms with Crippen molar-refractivity contribution in [1.82, 2.24) is 0 Å². The number of rotatable bonds is 4. The molecule has 118 valence electrons. The molecule has 0 aliphatic rings. The van der Waals surface area contributed by atoms with Crippen LogP contribution in [0.4, 0.5) is 0 Å². The molecular formula is C20H16NO2P. The summed E-state index contributed by atoms with van der Waals surface area (Å²) in [6.07, 6.45) is 0. The minimum absolute atomic E-state index is 0.377. The first-order valence-electron chi connectivity index (χ1n) is 7.50. The zero-order valence-electron chi connectivity index (χ0n) is 13.2. The molecule has 0 bridgehead atoms. The molecule has 0 saturated heterocycles. The van der Waals surface area contributed by atoms with E-state index in [9.17, 15) is 9.83 Å². The molecule has 0 aromatic heterocycles. The van der Waals surface area contributed by atoms with Crippen LogP contribution in [0.1, 0.15) is 5.56 Å². The molecule has 0 saturated carbocycles. The molecule has 0 unspecified atom stereocenters. The van der Waals surface area contributed by atoms with E-state index in [4.69, 9.17) is 4.74 Å². The van der Waals surface area contributed by atoms with Crippen molar-refractivity contribution in [3.8, 4) is 11.8 Å². The Bertz CT molecular complexity index is 887. The topological polar surface area (TPSA) is 50.1 Å². The molecule has 3 nitrogen and oxygen atoms in total. The van der Waals surface area contributed by atoms with Gasteiger partial charge >= 0.3 is 0 Å². The van der Waals surface area contributed by atoms with Crippen molar-refractivity contribution in [3.63, 3.8) is 0 Å². The SMILES string of the molecule is COc1ccc(P(=O)(c2ccccc2)c2ccccc2)cc1C#N. The second-order valence-corrected chi connectivity index (χ2v) is 8.04. The monoisotopic (exact) mass is 333 g/mol. The quantitative estimate of drug-likeness (QED) is 0.689. The lowest BCUT2D eigenvalue weighted by Crippen LogP contribution is -2.25. The van der Waals surface area contributed by atoms with Crippen LogP contribution in [0.3, 0.4) is 0 Å². The first-order valence-corrected chi connectivity index (χ1v) is 9.21. The van der Waals surface area contributed by atoms with Gasteiger partial charge in [-0.1, -0.05) is 60.7 Å². The maximum Gasteiger partial charge on any atom is 0.171 e. The highest BCUT2D eigenvalue weighted by Gasteiger charge is 2.30. The molecule has 0 amide bonds. The van der Waals surface area contributed by atoms with E-state index in [0.717, 1.165) is 10.6 Å². The predicted octanol–water partition coefficient (Wildman–Crippen LogP) is 3.21. The Balaban J connectivity index is 2.28. The first kappa shape index (κ1) is 16.1. The smallest absolute Gasteiger partial charge is 0.171 e. The van der Waals surface area contributed by atoms with Crippen LogP contribution in [0.25, 0.3) is 0 Å². The van der Waals surface area contributed by atoms with Gasteiger partial charge < -0.3 is 9.30 Å². The van der Waals surface area contributed by atoms with Gasteiger partial charge in [-0.15, -0.1) is 0 Å². The number of hydrogen-bond acceptors (Lipinski definition) is 3. The summed E-state index contributed by atoms with van der Waals surface area (Å²) in [5.74, 6) is 0.480. The molecule has 0 heterocycles. The maximum atomic E-state index is 14.1. The van der Waals surface area contributed by atoms with E-state index < -0.39 is 7.14 Å². The highest BCUT2D eigenvalue weighted by atomic mass is 31.2. The van der Waals surface area contributed by atoms with E-state index in [0.29, 0.717) is 16.6 Å². The molecule has 4 heteroatoms. The molecule has 0 N–H and O–H groups in total. The second kappa shape index (κ2) is 6.74. The van der Waals surface area contributed by atoms with Gasteiger partial charge in [0.15, 0.2) is 7.14 Å². The number of benzene rings is 3. The Hall–Kier alpha value is -2.82. The zero-order chi connectivity index (χ0) is 17.0. The van der Waals surface area contributed by atoms with Crippen LogP contribution in [-0.4, -0.2) is 7.11 Å². The third-order valence-electron chi connectivity index (χ3n) is 3.91. The Morgan fingerprint density at radius 2 is 1.38 bits per heavy atom. The van der Waals surface area contributed by atoms with Crippen LogP contribution in [-0.2, 0) is 4.57 Å². The Kier molecular flexibility index (Phi) is 4.51. The molecule has 24 heavy (non-hydrogen) atoms. The van der Waals surface area contributed by atoms with Gasteiger partial charge in [0.05, 0.1) is 12.7 Å². The normalized spacial score (nSPS) is 10.8. The van der Waals surface area contributed by atoms with E-state index in [-0.39, 0.29) is 0 Å². The largest absolute Gasteiger partial charge is 0.495 e. The van der Waals surface area contributed by atoms with Crippen LogP contribution in [0.15, 0.2) is 78.9 Å². The number of methoxy groups -OCH3 is 1. The highest BCUT2D eigenvalue weighted by molar-refractivity contribution is 7.85. The third-order valence-corrected chi connectivity index (χ3v) is 6.96. The average Bonchev–Trinajstić information content (AvgIpc) is 2.68. The van der Waals surface area contributed by atoms with E-state index in [1.165, 1.54) is 7.11 Å². The fourth-order valence-electron chi connectivity index (χ4n) is 2.70. The minimum Gasteiger partial charge on any atom is -0.495 e. The van der Waals surface area contributed by atoms with Gasteiger partial charge in [0.25, 0.3) is 0 Å². The van der Waals surface area contributed by atoms with Crippen LogP contribution in [0, 0.1) is 11.3 Å². The van der Waals surface area contributed by atoms with Crippen LogP contribution < -0.4 is 20.7 Å². The molecule has 3 rings (SSSR count). The molecule has 0 atom stereocenters. The molecule has 3 aromatic rings. The van der Waals surface area contributed by atoms with Crippen molar-refractivity contribution in [2.45, 2.75) is 0 Å². The summed E-state index contributed by atoms with van der Waals surface area (Å²) in [7, 11) is -1.54. The van der Waals surface area contributed by atoms with Crippen molar-refractivity contribution in [2.75, 3.05) is 7.11 Å². The standard InChI is InChI=1S/C20H16NO2P/c1-23-20-13-12-19(14-16(20)15-21)24(22,17-8-4-2-5-9-17)18-10-6-3-7-11-18/h2-14H,1H3.